The molecule has 1 unspecified atom stereocenters. The molecule has 70 valence electrons. The molecule has 0 rings (SSSR count). The second-order valence-electron chi connectivity index (χ2n) is 1.92. The van der Waals surface area contributed by atoms with Crippen LogP contribution in [-0.2, 0) is 13.7 Å². The molecule has 0 radical (unpaired) electrons. The van der Waals surface area contributed by atoms with Gasteiger partial charge in [-0.1, -0.05) is 5.92 Å². The first-order chi connectivity index (χ1) is 5.27. The lowest BCUT2D eigenvalue weighted by Crippen LogP contribution is -1.95. The zero-order valence-corrected chi connectivity index (χ0v) is 7.74. The van der Waals surface area contributed by atoms with Gasteiger partial charge in [-0.05, 0) is 0 Å². The van der Waals surface area contributed by atoms with Gasteiger partial charge in [0.25, 0.3) is 0 Å². The van der Waals surface area contributed by atoms with Crippen LogP contribution in [0.4, 0.5) is 0 Å². The monoisotopic (exact) mass is 214 g/mol. The predicted molar refractivity (Wildman–Crippen MR) is 41.5 cm³/mol. The van der Waals surface area contributed by atoms with E-state index in [1.807, 2.05) is 5.92 Å². The zero-order valence-electron chi connectivity index (χ0n) is 5.95. The van der Waals surface area contributed by atoms with E-state index in [1.54, 1.807) is 0 Å². The van der Waals surface area contributed by atoms with Crippen molar-refractivity contribution in [3.05, 3.63) is 0 Å². The Hall–Kier alpha value is -0.140. The van der Waals surface area contributed by atoms with Crippen LogP contribution < -0.4 is 0 Å². The summed E-state index contributed by atoms with van der Waals surface area (Å²) in [5.41, 5.74) is 0. The highest BCUT2D eigenvalue weighted by Crippen LogP contribution is 2.55. The van der Waals surface area contributed by atoms with E-state index in [-0.39, 0.29) is 0 Å². The highest BCUT2D eigenvalue weighted by molar-refractivity contribution is 7.70. The van der Waals surface area contributed by atoms with Crippen molar-refractivity contribution in [1.82, 2.24) is 0 Å². The molecule has 0 aliphatic heterocycles. The highest BCUT2D eigenvalue weighted by Gasteiger charge is 2.30. The van der Waals surface area contributed by atoms with Gasteiger partial charge in [0.15, 0.2) is 5.90 Å². The minimum atomic E-state index is -4.53. The number of hydrogen-bond acceptors (Lipinski definition) is 3. The van der Waals surface area contributed by atoms with Gasteiger partial charge in [-0.3, -0.25) is 13.7 Å². The van der Waals surface area contributed by atoms with Gasteiger partial charge in [-0.15, -0.1) is 6.42 Å². The van der Waals surface area contributed by atoms with Crippen molar-refractivity contribution in [3.8, 4) is 12.3 Å². The maximum Gasteiger partial charge on any atom is 0.341 e. The molecule has 0 saturated heterocycles. The molecule has 0 aliphatic carbocycles. The Balaban J connectivity index is 4.17. The van der Waals surface area contributed by atoms with E-state index in [1.165, 1.54) is 0 Å². The molecule has 0 bridgehead atoms. The van der Waals surface area contributed by atoms with Crippen molar-refractivity contribution in [2.45, 2.75) is 0 Å². The highest BCUT2D eigenvalue weighted by atomic mass is 31.2. The minimum Gasteiger partial charge on any atom is -0.324 e. The van der Waals surface area contributed by atoms with Crippen LogP contribution in [0.1, 0.15) is 0 Å². The third kappa shape index (κ3) is 6.56. The average Bonchev–Trinajstić information content (AvgIpc) is 1.78. The summed E-state index contributed by atoms with van der Waals surface area (Å²) in [5.74, 6) is 0.695. The molecule has 0 saturated carbocycles. The van der Waals surface area contributed by atoms with Gasteiger partial charge in [0, 0.05) is 0 Å². The Labute approximate surface area is 69.3 Å². The van der Waals surface area contributed by atoms with Gasteiger partial charge >= 0.3 is 15.2 Å². The van der Waals surface area contributed by atoms with Crippen molar-refractivity contribution in [2.75, 3.05) is 12.5 Å². The van der Waals surface area contributed by atoms with Crippen LogP contribution in [0.5, 0.6) is 0 Å². The molecular weight excluding hydrogens is 206 g/mol. The first-order valence-electron chi connectivity index (χ1n) is 2.71. The first kappa shape index (κ1) is 11.9. The third-order valence-corrected chi connectivity index (χ3v) is 4.15. The van der Waals surface area contributed by atoms with Crippen LogP contribution in [0.3, 0.4) is 0 Å². The fourth-order valence-corrected chi connectivity index (χ4v) is 2.88. The topological polar surface area (TPSA) is 104 Å². The van der Waals surface area contributed by atoms with Gasteiger partial charge in [0.1, 0.15) is 6.61 Å². The lowest BCUT2D eigenvalue weighted by molar-refractivity contribution is 0.291. The maximum atomic E-state index is 10.7. The van der Waals surface area contributed by atoms with Crippen molar-refractivity contribution < 1.29 is 28.3 Å². The quantitative estimate of drug-likeness (QED) is 0.448. The lowest BCUT2D eigenvalue weighted by Gasteiger charge is -2.10. The van der Waals surface area contributed by atoms with E-state index >= 15 is 0 Å². The SMILES string of the molecule is C#CCOP(=O)(O)CP(=O)(O)O. The molecule has 12 heavy (non-hydrogen) atoms. The van der Waals surface area contributed by atoms with Crippen LogP contribution in [0.15, 0.2) is 0 Å². The number of terminal acetylenes is 1. The molecule has 0 aromatic carbocycles. The molecule has 6 nitrogen and oxygen atoms in total. The summed E-state index contributed by atoms with van der Waals surface area (Å²) in [7, 11) is -8.77. The molecule has 0 aromatic heterocycles. The molecule has 0 aliphatic rings. The average molecular weight is 214 g/mol. The van der Waals surface area contributed by atoms with E-state index in [0.29, 0.717) is 0 Å². The van der Waals surface area contributed by atoms with E-state index in [9.17, 15) is 9.13 Å². The molecule has 0 amide bonds. The summed E-state index contributed by atoms with van der Waals surface area (Å²) in [4.78, 5) is 25.3. The van der Waals surface area contributed by atoms with Crippen LogP contribution in [0.2, 0.25) is 0 Å². The van der Waals surface area contributed by atoms with Crippen LogP contribution in [0.25, 0.3) is 0 Å². The zero-order chi connectivity index (χ0) is 9.83. The van der Waals surface area contributed by atoms with Crippen LogP contribution in [0, 0.1) is 12.3 Å². The minimum absolute atomic E-state index is 0.451. The Bertz CT molecular complexity index is 272. The lowest BCUT2D eigenvalue weighted by atomic mass is 10.8. The third-order valence-electron chi connectivity index (χ3n) is 0.713. The summed E-state index contributed by atoms with van der Waals surface area (Å²) >= 11 is 0. The Kier molecular flexibility index (Phi) is 4.15. The normalized spacial score (nSPS) is 16.5. The smallest absolute Gasteiger partial charge is 0.324 e. The predicted octanol–water partition coefficient (Wildman–Crippen LogP) is -0.0432. The van der Waals surface area contributed by atoms with Gasteiger partial charge in [-0.2, -0.15) is 0 Å². The second-order valence-corrected chi connectivity index (χ2v) is 5.91. The van der Waals surface area contributed by atoms with Gasteiger partial charge < -0.3 is 14.7 Å². The largest absolute Gasteiger partial charge is 0.341 e. The summed E-state index contributed by atoms with van der Waals surface area (Å²) < 4.78 is 25.1. The van der Waals surface area contributed by atoms with Gasteiger partial charge in [0.05, 0.1) is 0 Å². The molecular formula is C4H8O6P2. The standard InChI is InChI=1S/C4H8O6P2/c1-2-3-10-12(8,9)4-11(5,6)7/h1H,3-4H2,(H,8,9)(H2,5,6,7). The molecule has 0 spiro atoms. The Morgan fingerprint density at radius 2 is 1.83 bits per heavy atom. The molecule has 8 heteroatoms. The fourth-order valence-electron chi connectivity index (χ4n) is 0.412. The van der Waals surface area contributed by atoms with Gasteiger partial charge in [-0.25, -0.2) is 0 Å². The van der Waals surface area contributed by atoms with E-state index in [2.05, 4.69) is 4.52 Å². The number of hydrogen-bond donors (Lipinski definition) is 3. The van der Waals surface area contributed by atoms with Crippen LogP contribution >= 0.6 is 15.2 Å². The van der Waals surface area contributed by atoms with E-state index in [0.717, 1.165) is 0 Å². The summed E-state index contributed by atoms with van der Waals surface area (Å²) in [6.45, 7) is -0.451. The van der Waals surface area contributed by atoms with Crippen molar-refractivity contribution in [2.24, 2.45) is 0 Å². The Morgan fingerprint density at radius 3 is 2.17 bits per heavy atom. The molecule has 0 fully saturated rings. The molecule has 1 atom stereocenters. The second kappa shape index (κ2) is 4.20. The summed E-state index contributed by atoms with van der Waals surface area (Å²) in [6, 6.07) is 0. The Morgan fingerprint density at radius 1 is 1.33 bits per heavy atom. The van der Waals surface area contributed by atoms with Crippen molar-refractivity contribution in [3.63, 3.8) is 0 Å². The van der Waals surface area contributed by atoms with Crippen molar-refractivity contribution in [1.29, 1.82) is 0 Å². The van der Waals surface area contributed by atoms with E-state index in [4.69, 9.17) is 21.1 Å². The molecule has 0 heterocycles. The number of rotatable bonds is 4. The summed E-state index contributed by atoms with van der Waals surface area (Å²) in [5, 5.41) is 0. The van der Waals surface area contributed by atoms with Gasteiger partial charge in [0.2, 0.25) is 0 Å². The molecule has 0 aromatic rings. The van der Waals surface area contributed by atoms with Crippen LogP contribution in [-0.4, -0.2) is 27.2 Å². The van der Waals surface area contributed by atoms with E-state index < -0.39 is 27.7 Å². The first-order valence-corrected chi connectivity index (χ1v) is 6.27. The maximum absolute atomic E-state index is 10.7. The molecule has 3 N–H and O–H groups in total. The fraction of sp³-hybridized carbons (Fsp3) is 0.500. The summed E-state index contributed by atoms with van der Waals surface area (Å²) in [6.07, 6.45) is 4.70. The van der Waals surface area contributed by atoms with Crippen molar-refractivity contribution >= 4 is 15.2 Å².